The van der Waals surface area contributed by atoms with Gasteiger partial charge in [0.25, 0.3) is 5.91 Å². The van der Waals surface area contributed by atoms with Crippen molar-refractivity contribution in [1.29, 1.82) is 0 Å². The zero-order chi connectivity index (χ0) is 26.8. The number of anilines is 1. The van der Waals surface area contributed by atoms with Crippen molar-refractivity contribution >= 4 is 43.4 Å². The third-order valence-electron chi connectivity index (χ3n) is 7.12. The number of fused-ring (bicyclic) bond motifs is 2. The summed E-state index contributed by atoms with van der Waals surface area (Å²) >= 11 is 0. The maximum Gasteiger partial charge on any atom is 0.262 e. The molecule has 1 fully saturated rings. The summed E-state index contributed by atoms with van der Waals surface area (Å²) in [6.07, 6.45) is 1.40. The molecule has 1 aromatic heterocycles. The number of H-pyrrole nitrogens is 1. The van der Waals surface area contributed by atoms with Gasteiger partial charge in [0.1, 0.15) is 11.6 Å². The number of sulfonamides is 1. The normalized spacial score (nSPS) is 15.0. The fourth-order valence-electron chi connectivity index (χ4n) is 5.00. The number of para-hydroxylation sites is 2. The Morgan fingerprint density at radius 3 is 2.41 bits per heavy atom. The molecule has 6 rings (SSSR count). The largest absolute Gasteiger partial charge is 0.484 e. The standard InChI is InChI=1S/C30H28N4O4S/c35-29(20-38-25-12-9-21-5-1-2-6-23(21)19-25)31-24-10-13-26(14-11-24)39(36,37)34-17-15-22(16-18-34)30-32-27-7-3-4-8-28(27)33-30/h1-14,19,22H,15-18,20H2,(H,31,35)(H,32,33). The third-order valence-corrected chi connectivity index (χ3v) is 9.03. The van der Waals surface area contributed by atoms with E-state index in [1.807, 2.05) is 66.7 Å². The number of carbonyl (C=O) groups is 1. The van der Waals surface area contributed by atoms with Gasteiger partial charge in [0, 0.05) is 24.7 Å². The smallest absolute Gasteiger partial charge is 0.262 e. The monoisotopic (exact) mass is 540 g/mol. The molecule has 9 heteroatoms. The number of amides is 1. The van der Waals surface area contributed by atoms with E-state index in [9.17, 15) is 13.2 Å². The topological polar surface area (TPSA) is 104 Å². The molecule has 4 aromatic carbocycles. The highest BCUT2D eigenvalue weighted by atomic mass is 32.2. The first-order chi connectivity index (χ1) is 19.0. The van der Waals surface area contributed by atoms with Gasteiger partial charge in [-0.25, -0.2) is 13.4 Å². The van der Waals surface area contributed by atoms with Crippen molar-refractivity contribution in [3.8, 4) is 5.75 Å². The van der Waals surface area contributed by atoms with Gasteiger partial charge in [-0.2, -0.15) is 4.31 Å². The molecule has 1 saturated heterocycles. The van der Waals surface area contributed by atoms with E-state index >= 15 is 0 Å². The van der Waals surface area contributed by atoms with Crippen LogP contribution in [0.1, 0.15) is 24.6 Å². The molecular weight excluding hydrogens is 512 g/mol. The average Bonchev–Trinajstić information content (AvgIpc) is 3.41. The lowest BCUT2D eigenvalue weighted by atomic mass is 9.97. The molecule has 2 heterocycles. The second kappa shape index (κ2) is 10.5. The number of carbonyl (C=O) groups excluding carboxylic acids is 1. The zero-order valence-electron chi connectivity index (χ0n) is 21.2. The molecule has 0 unspecified atom stereocenters. The Balaban J connectivity index is 1.03. The number of hydrogen-bond donors (Lipinski definition) is 2. The Bertz CT molecular complexity index is 1710. The van der Waals surface area contributed by atoms with Gasteiger partial charge in [0.2, 0.25) is 10.0 Å². The molecule has 2 N–H and O–H groups in total. The van der Waals surface area contributed by atoms with E-state index in [4.69, 9.17) is 9.72 Å². The summed E-state index contributed by atoms with van der Waals surface area (Å²) in [5.74, 6) is 1.39. The van der Waals surface area contributed by atoms with E-state index in [2.05, 4.69) is 10.3 Å². The van der Waals surface area contributed by atoms with Gasteiger partial charge in [-0.1, -0.05) is 42.5 Å². The van der Waals surface area contributed by atoms with Crippen molar-refractivity contribution in [2.75, 3.05) is 25.0 Å². The lowest BCUT2D eigenvalue weighted by Gasteiger charge is -2.30. The maximum absolute atomic E-state index is 13.3. The Morgan fingerprint density at radius 2 is 1.64 bits per heavy atom. The lowest BCUT2D eigenvalue weighted by Crippen LogP contribution is -2.38. The van der Waals surface area contributed by atoms with Crippen LogP contribution in [0.5, 0.6) is 5.75 Å². The molecule has 0 spiro atoms. The molecule has 0 saturated carbocycles. The van der Waals surface area contributed by atoms with Gasteiger partial charge in [0.15, 0.2) is 6.61 Å². The predicted molar refractivity (Wildman–Crippen MR) is 151 cm³/mol. The summed E-state index contributed by atoms with van der Waals surface area (Å²) in [6.45, 7) is 0.696. The van der Waals surface area contributed by atoms with Gasteiger partial charge in [-0.05, 0) is 72.1 Å². The number of hydrogen-bond acceptors (Lipinski definition) is 5. The summed E-state index contributed by atoms with van der Waals surface area (Å²) in [5.41, 5.74) is 2.43. The SMILES string of the molecule is O=C(COc1ccc2ccccc2c1)Nc1ccc(S(=O)(=O)N2CCC(c3nc4ccccc4[nH]3)CC2)cc1. The van der Waals surface area contributed by atoms with Gasteiger partial charge < -0.3 is 15.0 Å². The minimum absolute atomic E-state index is 0.154. The number of nitrogens with zero attached hydrogens (tertiary/aromatic N) is 2. The Labute approximate surface area is 226 Å². The molecule has 5 aromatic rings. The van der Waals surface area contributed by atoms with E-state index in [0.717, 1.165) is 27.6 Å². The average molecular weight is 541 g/mol. The fourth-order valence-corrected chi connectivity index (χ4v) is 6.47. The molecule has 0 aliphatic carbocycles. The number of piperidine rings is 1. The number of benzene rings is 4. The van der Waals surface area contributed by atoms with Crippen LogP contribution in [0.4, 0.5) is 5.69 Å². The first kappa shape index (κ1) is 25.1. The second-order valence-electron chi connectivity index (χ2n) is 9.69. The number of rotatable bonds is 7. The number of aromatic amines is 1. The first-order valence-electron chi connectivity index (χ1n) is 12.9. The van der Waals surface area contributed by atoms with Crippen LogP contribution < -0.4 is 10.1 Å². The highest BCUT2D eigenvalue weighted by molar-refractivity contribution is 7.89. The van der Waals surface area contributed by atoms with E-state index in [0.29, 0.717) is 37.4 Å². The van der Waals surface area contributed by atoms with E-state index in [-0.39, 0.29) is 23.3 Å². The summed E-state index contributed by atoms with van der Waals surface area (Å²) < 4.78 is 33.7. The summed E-state index contributed by atoms with van der Waals surface area (Å²) in [6, 6.07) is 27.7. The van der Waals surface area contributed by atoms with Crippen LogP contribution in [0.15, 0.2) is 95.9 Å². The van der Waals surface area contributed by atoms with E-state index in [1.54, 1.807) is 12.1 Å². The molecule has 198 valence electrons. The first-order valence-corrected chi connectivity index (χ1v) is 14.4. The van der Waals surface area contributed by atoms with Gasteiger partial charge in [-0.15, -0.1) is 0 Å². The highest BCUT2D eigenvalue weighted by Gasteiger charge is 2.31. The summed E-state index contributed by atoms with van der Waals surface area (Å²) in [4.78, 5) is 20.7. The molecule has 1 aliphatic heterocycles. The maximum atomic E-state index is 13.3. The summed E-state index contributed by atoms with van der Waals surface area (Å²) in [5, 5.41) is 4.89. The zero-order valence-corrected chi connectivity index (χ0v) is 22.0. The van der Waals surface area contributed by atoms with Crippen molar-refractivity contribution in [1.82, 2.24) is 14.3 Å². The summed E-state index contributed by atoms with van der Waals surface area (Å²) in [7, 11) is -3.64. The molecule has 1 aliphatic rings. The minimum atomic E-state index is -3.64. The fraction of sp³-hybridized carbons (Fsp3) is 0.200. The lowest BCUT2D eigenvalue weighted by molar-refractivity contribution is -0.118. The minimum Gasteiger partial charge on any atom is -0.484 e. The highest BCUT2D eigenvalue weighted by Crippen LogP contribution is 2.31. The molecule has 1 amide bonds. The molecule has 0 bridgehead atoms. The van der Waals surface area contributed by atoms with Crippen molar-refractivity contribution in [3.05, 3.63) is 96.8 Å². The second-order valence-corrected chi connectivity index (χ2v) is 11.6. The molecule has 0 radical (unpaired) electrons. The van der Waals surface area contributed by atoms with Crippen LogP contribution >= 0.6 is 0 Å². The molecule has 8 nitrogen and oxygen atoms in total. The Hall–Kier alpha value is -4.21. The van der Waals surface area contributed by atoms with Crippen molar-refractivity contribution < 1.29 is 17.9 Å². The van der Waals surface area contributed by atoms with Gasteiger partial charge >= 0.3 is 0 Å². The number of nitrogens with one attached hydrogen (secondary N) is 2. The number of aromatic nitrogens is 2. The number of ether oxygens (including phenoxy) is 1. The number of imidazole rings is 1. The molecule has 39 heavy (non-hydrogen) atoms. The van der Waals surface area contributed by atoms with Crippen LogP contribution in [0.2, 0.25) is 0 Å². The van der Waals surface area contributed by atoms with Crippen molar-refractivity contribution in [3.63, 3.8) is 0 Å². The van der Waals surface area contributed by atoms with E-state index < -0.39 is 10.0 Å². The quantitative estimate of drug-likeness (QED) is 0.291. The van der Waals surface area contributed by atoms with Crippen molar-refractivity contribution in [2.24, 2.45) is 0 Å². The van der Waals surface area contributed by atoms with Gasteiger partial charge in [0.05, 0.1) is 15.9 Å². The van der Waals surface area contributed by atoms with Crippen LogP contribution in [0.3, 0.4) is 0 Å². The van der Waals surface area contributed by atoms with Crippen LogP contribution in [-0.4, -0.2) is 48.3 Å². The van der Waals surface area contributed by atoms with Crippen molar-refractivity contribution in [2.45, 2.75) is 23.7 Å². The van der Waals surface area contributed by atoms with Gasteiger partial charge in [-0.3, -0.25) is 4.79 Å². The Kier molecular flexibility index (Phi) is 6.76. The third kappa shape index (κ3) is 5.36. The van der Waals surface area contributed by atoms with E-state index in [1.165, 1.54) is 16.4 Å². The molecular formula is C30H28N4O4S. The van der Waals surface area contributed by atoms with Crippen LogP contribution in [-0.2, 0) is 14.8 Å². The predicted octanol–water partition coefficient (Wildman–Crippen LogP) is 5.30. The molecule has 0 atom stereocenters. The van der Waals surface area contributed by atoms with Crippen LogP contribution in [0, 0.1) is 0 Å². The Morgan fingerprint density at radius 1 is 0.923 bits per heavy atom. The van der Waals surface area contributed by atoms with Crippen LogP contribution in [0.25, 0.3) is 21.8 Å².